The van der Waals surface area contributed by atoms with Crippen LogP contribution in [-0.4, -0.2) is 21.8 Å². The van der Waals surface area contributed by atoms with Crippen LogP contribution in [0, 0.1) is 0 Å². The van der Waals surface area contributed by atoms with Gasteiger partial charge in [0, 0.05) is 43.6 Å². The van der Waals surface area contributed by atoms with E-state index < -0.39 is 8.07 Å². The van der Waals surface area contributed by atoms with Crippen LogP contribution < -0.4 is 20.7 Å². The summed E-state index contributed by atoms with van der Waals surface area (Å²) in [6.45, 7) is 0. The lowest BCUT2D eigenvalue weighted by molar-refractivity contribution is 1.17. The molecule has 0 unspecified atom stereocenters. The summed E-state index contributed by atoms with van der Waals surface area (Å²) in [5.74, 6) is 0. The Labute approximate surface area is 407 Å². The number of hydrogen-bond donors (Lipinski definition) is 0. The fourth-order valence-corrected chi connectivity index (χ4v) is 16.7. The molecule has 328 valence electrons. The van der Waals surface area contributed by atoms with Crippen LogP contribution in [0.25, 0.3) is 93.6 Å². The number of aromatic nitrogens is 3. The van der Waals surface area contributed by atoms with Crippen LogP contribution in [0.1, 0.15) is 0 Å². The lowest BCUT2D eigenvalue weighted by Gasteiger charge is -2.34. The Kier molecular flexibility index (Phi) is 9.23. The van der Waals surface area contributed by atoms with Crippen LogP contribution >= 0.6 is 0 Å². The summed E-state index contributed by atoms with van der Waals surface area (Å²) >= 11 is 0. The third kappa shape index (κ3) is 5.94. The molecule has 0 spiro atoms. The highest BCUT2D eigenvalue weighted by Gasteiger charge is 2.41. The van der Waals surface area contributed by atoms with Crippen molar-refractivity contribution in [3.8, 4) is 28.2 Å². The van der Waals surface area contributed by atoms with Gasteiger partial charge in [-0.15, -0.1) is 0 Å². The van der Waals surface area contributed by atoms with E-state index in [1.807, 2.05) is 0 Å². The summed E-state index contributed by atoms with van der Waals surface area (Å²) in [5.41, 5.74) is 13.0. The molecule has 0 fully saturated rings. The van der Waals surface area contributed by atoms with Crippen molar-refractivity contribution in [3.63, 3.8) is 0 Å². The molecule has 70 heavy (non-hydrogen) atoms. The molecule has 14 aromatic rings. The van der Waals surface area contributed by atoms with E-state index in [1.165, 1.54) is 103 Å². The van der Waals surface area contributed by atoms with Gasteiger partial charge in [0.15, 0.2) is 8.07 Å². The van der Waals surface area contributed by atoms with Crippen molar-refractivity contribution in [1.82, 2.24) is 13.7 Å². The first-order valence-electron chi connectivity index (χ1n) is 24.2. The zero-order chi connectivity index (χ0) is 46.2. The van der Waals surface area contributed by atoms with Crippen LogP contribution in [0.5, 0.6) is 0 Å². The second kappa shape index (κ2) is 16.1. The first-order valence-corrected chi connectivity index (χ1v) is 26.2. The third-order valence-electron chi connectivity index (χ3n) is 14.8. The van der Waals surface area contributed by atoms with Gasteiger partial charge in [0.25, 0.3) is 0 Å². The molecule has 0 bridgehead atoms. The van der Waals surface area contributed by atoms with Gasteiger partial charge >= 0.3 is 0 Å². The Balaban J connectivity index is 0.979. The largest absolute Gasteiger partial charge is 0.309 e. The first kappa shape index (κ1) is 40.1. The smallest absolute Gasteiger partial charge is 0.179 e. The lowest BCUT2D eigenvalue weighted by Crippen LogP contribution is -2.74. The topological polar surface area (TPSA) is 14.8 Å². The Morgan fingerprint density at radius 3 is 1.26 bits per heavy atom. The summed E-state index contributed by atoms with van der Waals surface area (Å²) in [6.07, 6.45) is 0. The molecule has 0 aliphatic carbocycles. The number of nitrogens with zero attached hydrogens (tertiary/aromatic N) is 3. The van der Waals surface area contributed by atoms with Crippen molar-refractivity contribution in [3.05, 3.63) is 273 Å². The second-order valence-electron chi connectivity index (χ2n) is 18.4. The van der Waals surface area contributed by atoms with Crippen molar-refractivity contribution in [1.29, 1.82) is 0 Å². The molecular weight excluding hydrogens is 863 g/mol. The molecular formula is C66H45N3Si. The Hall–Kier alpha value is -8.96. The highest BCUT2D eigenvalue weighted by atomic mass is 28.3. The van der Waals surface area contributed by atoms with Gasteiger partial charge in [-0.2, -0.15) is 0 Å². The van der Waals surface area contributed by atoms with Crippen LogP contribution in [-0.2, 0) is 0 Å². The van der Waals surface area contributed by atoms with Crippen LogP contribution in [0.2, 0.25) is 0 Å². The van der Waals surface area contributed by atoms with E-state index in [0.717, 1.165) is 11.4 Å². The second-order valence-corrected chi connectivity index (χ2v) is 22.2. The van der Waals surface area contributed by atoms with E-state index in [1.54, 1.807) is 0 Å². The SMILES string of the molecule is c1ccc([Si](c2ccccc2)(c2ccccc2)c2cccc(-n3c4ccccc4c4c(-n5c6ccccc6c6cc(-c7ccccc7-n7c8ccccc8c8ccccc87)ccc65)cccc43)c2)cc1. The van der Waals surface area contributed by atoms with Crippen molar-refractivity contribution >= 4 is 94.2 Å². The molecule has 14 rings (SSSR count). The fraction of sp³-hybridized carbons (Fsp3) is 0. The van der Waals surface area contributed by atoms with E-state index in [4.69, 9.17) is 0 Å². The maximum atomic E-state index is 2.50. The van der Waals surface area contributed by atoms with Crippen molar-refractivity contribution in [2.24, 2.45) is 0 Å². The molecule has 0 atom stereocenters. The molecule has 0 aliphatic rings. The summed E-state index contributed by atoms with van der Waals surface area (Å²) in [4.78, 5) is 0. The maximum Gasteiger partial charge on any atom is 0.179 e. The molecule has 4 heteroatoms. The predicted octanol–water partition coefficient (Wildman–Crippen LogP) is 14.0. The molecule has 0 radical (unpaired) electrons. The molecule has 0 saturated heterocycles. The molecule has 11 aromatic carbocycles. The summed E-state index contributed by atoms with van der Waals surface area (Å²) in [5, 5.41) is 12.8. The van der Waals surface area contributed by atoms with Crippen LogP contribution in [0.3, 0.4) is 0 Å². The average Bonchev–Trinajstić information content (AvgIpc) is 4.08. The fourth-order valence-electron chi connectivity index (χ4n) is 11.9. The zero-order valence-corrected chi connectivity index (χ0v) is 39.3. The van der Waals surface area contributed by atoms with Crippen LogP contribution in [0.4, 0.5) is 0 Å². The van der Waals surface area contributed by atoms with Crippen LogP contribution in [0.15, 0.2) is 273 Å². The standard InChI is InChI=1S/C66H45N3Si/c1-4-23-48(24-5-1)70(49-25-6-2-7-26-49,50-27-8-3-9-28-50)51-29-20-22-47(45-51)67-62-39-19-14-34-56(62)66-64(67)40-21-41-65(66)69-61-38-18-13-33-55(61)57-44-46(42-43-63(57)69)52-30-10-15-35-58(52)68-59-36-16-11-31-53(59)54-32-12-17-37-60(54)68/h1-45H. The minimum absolute atomic E-state index is 1.15. The Morgan fingerprint density at radius 1 is 0.243 bits per heavy atom. The maximum absolute atomic E-state index is 2.79. The summed E-state index contributed by atoms with van der Waals surface area (Å²) in [6, 6.07) is 101. The van der Waals surface area contributed by atoms with Crippen molar-refractivity contribution < 1.29 is 0 Å². The molecule has 0 saturated carbocycles. The predicted molar refractivity (Wildman–Crippen MR) is 299 cm³/mol. The van der Waals surface area contributed by atoms with Gasteiger partial charge in [-0.1, -0.05) is 206 Å². The lowest BCUT2D eigenvalue weighted by atomic mass is 10.0. The number of rotatable bonds is 8. The van der Waals surface area contributed by atoms with Gasteiger partial charge in [-0.3, -0.25) is 0 Å². The van der Waals surface area contributed by atoms with E-state index in [-0.39, 0.29) is 0 Å². The minimum atomic E-state index is -2.79. The van der Waals surface area contributed by atoms with Crippen molar-refractivity contribution in [2.45, 2.75) is 0 Å². The van der Waals surface area contributed by atoms with Gasteiger partial charge < -0.3 is 13.7 Å². The summed E-state index contributed by atoms with van der Waals surface area (Å²) < 4.78 is 7.43. The Morgan fingerprint density at radius 2 is 0.657 bits per heavy atom. The quantitative estimate of drug-likeness (QED) is 0.107. The molecule has 0 N–H and O–H groups in total. The van der Waals surface area contributed by atoms with Gasteiger partial charge in [-0.05, 0) is 93.0 Å². The minimum Gasteiger partial charge on any atom is -0.309 e. The summed E-state index contributed by atoms with van der Waals surface area (Å²) in [7, 11) is -2.79. The van der Waals surface area contributed by atoms with Gasteiger partial charge in [0.1, 0.15) is 0 Å². The number of para-hydroxylation sites is 5. The zero-order valence-electron chi connectivity index (χ0n) is 38.3. The van der Waals surface area contributed by atoms with Gasteiger partial charge in [-0.25, -0.2) is 0 Å². The number of hydrogen-bond acceptors (Lipinski definition) is 0. The van der Waals surface area contributed by atoms with E-state index in [2.05, 4.69) is 287 Å². The highest BCUT2D eigenvalue weighted by molar-refractivity contribution is 7.19. The normalized spacial score (nSPS) is 12.0. The monoisotopic (exact) mass is 907 g/mol. The molecule has 3 aromatic heterocycles. The first-order chi connectivity index (χ1) is 34.8. The molecule has 0 aliphatic heterocycles. The van der Waals surface area contributed by atoms with E-state index >= 15 is 0 Å². The van der Waals surface area contributed by atoms with Gasteiger partial charge in [0.05, 0.1) is 44.5 Å². The average molecular weight is 908 g/mol. The van der Waals surface area contributed by atoms with Crippen molar-refractivity contribution in [2.75, 3.05) is 0 Å². The molecule has 0 amide bonds. The van der Waals surface area contributed by atoms with E-state index in [9.17, 15) is 0 Å². The number of fused-ring (bicyclic) bond motifs is 9. The molecule has 3 nitrogen and oxygen atoms in total. The highest BCUT2D eigenvalue weighted by Crippen LogP contribution is 2.42. The number of benzene rings is 11. The molecule has 3 heterocycles. The van der Waals surface area contributed by atoms with Gasteiger partial charge in [0.2, 0.25) is 0 Å². The third-order valence-corrected chi connectivity index (χ3v) is 19.6. The van der Waals surface area contributed by atoms with E-state index in [0.29, 0.717) is 0 Å². The Bertz CT molecular complexity index is 4150.